The molecule has 0 aromatic heterocycles. The number of anilines is 1. The van der Waals surface area contributed by atoms with Gasteiger partial charge in [-0.3, -0.25) is 4.79 Å². The van der Waals surface area contributed by atoms with Gasteiger partial charge in [-0.2, -0.15) is 0 Å². The van der Waals surface area contributed by atoms with E-state index in [9.17, 15) is 33.8 Å². The van der Waals surface area contributed by atoms with E-state index in [4.69, 9.17) is 0 Å². The molecule has 16 heteroatoms. The van der Waals surface area contributed by atoms with Crippen molar-refractivity contribution in [3.8, 4) is 0 Å². The van der Waals surface area contributed by atoms with Gasteiger partial charge in [0.1, 0.15) is 15.2 Å². The van der Waals surface area contributed by atoms with Crippen LogP contribution in [0.2, 0.25) is 0 Å². The summed E-state index contributed by atoms with van der Waals surface area (Å²) in [6, 6.07) is 18.0. The van der Waals surface area contributed by atoms with Gasteiger partial charge >= 0.3 is 44.8 Å². The minimum absolute atomic E-state index is 0. The van der Waals surface area contributed by atoms with Crippen molar-refractivity contribution in [1.82, 2.24) is 5.32 Å². The van der Waals surface area contributed by atoms with E-state index >= 15 is 0 Å². The van der Waals surface area contributed by atoms with Crippen molar-refractivity contribution in [3.05, 3.63) is 94.5 Å². The van der Waals surface area contributed by atoms with Crippen LogP contribution in [0.25, 0.3) is 0 Å². The Morgan fingerprint density at radius 1 is 0.829 bits per heavy atom. The SMILES string of the molecule is COP(=O)([O-])Cc1cc(CP(=O)([O-])OC)cc(NC(=O)c2ccc(CNCc3ccccc3B(O)O)cc2)c1.[Li+].[Li+]. The van der Waals surface area contributed by atoms with Gasteiger partial charge in [-0.05, 0) is 52.0 Å². The Hall–Kier alpha value is -1.43. The molecule has 41 heavy (non-hydrogen) atoms. The summed E-state index contributed by atoms with van der Waals surface area (Å²) in [6.07, 6.45) is -0.973. The van der Waals surface area contributed by atoms with Crippen LogP contribution in [0.1, 0.15) is 32.6 Å². The van der Waals surface area contributed by atoms with Crippen molar-refractivity contribution in [2.24, 2.45) is 0 Å². The minimum Gasteiger partial charge on any atom is -0.778 e. The number of hydrogen-bond acceptors (Lipinski definition) is 10. The van der Waals surface area contributed by atoms with Gasteiger partial charge in [0.15, 0.2) is 0 Å². The smallest absolute Gasteiger partial charge is 0.778 e. The van der Waals surface area contributed by atoms with Gasteiger partial charge in [0.05, 0.1) is 0 Å². The first-order valence-electron chi connectivity index (χ1n) is 11.8. The molecule has 0 aliphatic rings. The van der Waals surface area contributed by atoms with Crippen LogP contribution < -0.4 is 63.6 Å². The van der Waals surface area contributed by atoms with Crippen molar-refractivity contribution in [2.75, 3.05) is 19.5 Å². The molecule has 0 radical (unpaired) electrons. The summed E-state index contributed by atoms with van der Waals surface area (Å²) in [5.74, 6) is -0.474. The van der Waals surface area contributed by atoms with Crippen molar-refractivity contribution in [3.63, 3.8) is 0 Å². The third-order valence-corrected chi connectivity index (χ3v) is 8.43. The van der Waals surface area contributed by atoms with Crippen LogP contribution in [-0.4, -0.2) is 37.3 Å². The molecular formula is C25H29BLi2N2O9P2. The summed E-state index contributed by atoms with van der Waals surface area (Å²) >= 11 is 0. The van der Waals surface area contributed by atoms with Gasteiger partial charge in [-0.15, -0.1) is 0 Å². The van der Waals surface area contributed by atoms with Gasteiger partial charge in [-0.25, -0.2) is 0 Å². The second-order valence-corrected chi connectivity index (χ2v) is 12.6. The molecule has 208 valence electrons. The van der Waals surface area contributed by atoms with E-state index in [1.807, 2.05) is 6.07 Å². The van der Waals surface area contributed by atoms with Crippen LogP contribution in [0.4, 0.5) is 5.69 Å². The molecule has 11 nitrogen and oxygen atoms in total. The molecule has 1 amide bonds. The molecule has 3 aromatic rings. The molecule has 0 saturated heterocycles. The predicted octanol–water partition coefficient (Wildman–Crippen LogP) is -4.68. The van der Waals surface area contributed by atoms with Crippen molar-refractivity contribution >= 4 is 39.4 Å². The zero-order chi connectivity index (χ0) is 28.6. The summed E-state index contributed by atoms with van der Waals surface area (Å²) in [6.45, 7) is 0.875. The third kappa shape index (κ3) is 12.0. The summed E-state index contributed by atoms with van der Waals surface area (Å²) in [5, 5.41) is 24.9. The summed E-state index contributed by atoms with van der Waals surface area (Å²) < 4.78 is 33.0. The van der Waals surface area contributed by atoms with Crippen LogP contribution >= 0.6 is 15.2 Å². The molecular weight excluding hydrogens is 559 g/mol. The van der Waals surface area contributed by atoms with Crippen LogP contribution in [0.3, 0.4) is 0 Å². The molecule has 3 aromatic carbocycles. The Bertz CT molecular complexity index is 1350. The zero-order valence-electron chi connectivity index (χ0n) is 23.4. The number of amides is 1. The molecule has 0 fully saturated rings. The van der Waals surface area contributed by atoms with E-state index in [1.165, 1.54) is 18.2 Å². The molecule has 0 aliphatic carbocycles. The summed E-state index contributed by atoms with van der Waals surface area (Å²) in [5.41, 5.74) is 3.10. The van der Waals surface area contributed by atoms with Crippen LogP contribution in [-0.2, 0) is 43.6 Å². The van der Waals surface area contributed by atoms with Crippen LogP contribution in [0.15, 0.2) is 66.7 Å². The molecule has 0 spiro atoms. The normalized spacial score (nSPS) is 13.6. The second kappa shape index (κ2) is 17.0. The van der Waals surface area contributed by atoms with Crippen molar-refractivity contribution in [2.45, 2.75) is 25.4 Å². The molecule has 3 rings (SSSR count). The zero-order valence-corrected chi connectivity index (χ0v) is 25.2. The van der Waals surface area contributed by atoms with E-state index in [0.29, 0.717) is 24.1 Å². The summed E-state index contributed by atoms with van der Waals surface area (Å²) in [7, 11) is -7.89. The minimum atomic E-state index is -4.20. The number of nitrogens with one attached hydrogen (secondary N) is 2. The largest absolute Gasteiger partial charge is 1.00 e. The number of rotatable bonds is 13. The summed E-state index contributed by atoms with van der Waals surface area (Å²) in [4.78, 5) is 36.8. The first-order chi connectivity index (χ1) is 18.4. The van der Waals surface area contributed by atoms with Crippen molar-refractivity contribution < 1.29 is 80.5 Å². The fraction of sp³-hybridized carbons (Fsp3) is 0.240. The van der Waals surface area contributed by atoms with Gasteiger partial charge in [0.2, 0.25) is 0 Å². The van der Waals surface area contributed by atoms with E-state index in [-0.39, 0.29) is 54.5 Å². The van der Waals surface area contributed by atoms with Crippen LogP contribution in [0, 0.1) is 0 Å². The van der Waals surface area contributed by atoms with Gasteiger partial charge < -0.3 is 48.6 Å². The fourth-order valence-corrected chi connectivity index (χ4v) is 5.38. The molecule has 0 aliphatic heterocycles. The topological polar surface area (TPSA) is 180 Å². The molecule has 0 bridgehead atoms. The Labute approximate surface area is 263 Å². The van der Waals surface area contributed by atoms with E-state index < -0.39 is 40.5 Å². The monoisotopic (exact) mass is 588 g/mol. The van der Waals surface area contributed by atoms with E-state index in [1.54, 1.807) is 42.5 Å². The van der Waals surface area contributed by atoms with Crippen molar-refractivity contribution in [1.29, 1.82) is 0 Å². The average molecular weight is 588 g/mol. The number of carbonyl (C=O) groups is 1. The van der Waals surface area contributed by atoms with E-state index in [2.05, 4.69) is 19.7 Å². The third-order valence-electron chi connectivity index (χ3n) is 5.81. The second-order valence-electron chi connectivity index (χ2n) is 8.77. The first-order valence-corrected chi connectivity index (χ1v) is 15.3. The standard InChI is InChI=1S/C25H31BN2O9P2.2Li/c1-36-38(32,33)16-19-11-20(17-39(34,35)37-2)13-23(12-19)28-25(29)21-9-7-18(8-10-21)14-27-15-22-5-3-4-6-24(22)26(30)31;;/h3-13,27,30-31H,14-17H2,1-2H3,(H,28,29)(H,32,33)(H,34,35);;/q;2*+1/p-2. The fourth-order valence-electron chi connectivity index (χ4n) is 3.86. The molecule has 0 saturated carbocycles. The number of hydrogen-bond donors (Lipinski definition) is 4. The first kappa shape index (κ1) is 37.6. The molecule has 0 heterocycles. The molecule has 4 N–H and O–H groups in total. The number of benzene rings is 3. The van der Waals surface area contributed by atoms with Crippen LogP contribution in [0.5, 0.6) is 0 Å². The van der Waals surface area contributed by atoms with Gasteiger partial charge in [-0.1, -0.05) is 42.5 Å². The maximum atomic E-state index is 12.9. The predicted molar refractivity (Wildman–Crippen MR) is 144 cm³/mol. The van der Waals surface area contributed by atoms with Gasteiger partial charge in [0, 0.05) is 50.9 Å². The Kier molecular flexibility index (Phi) is 15.6. The maximum absolute atomic E-state index is 12.9. The Morgan fingerprint density at radius 2 is 1.37 bits per heavy atom. The molecule has 2 atom stereocenters. The van der Waals surface area contributed by atoms with Gasteiger partial charge in [0.25, 0.3) is 5.91 Å². The maximum Gasteiger partial charge on any atom is 1.00 e. The molecule has 2 unspecified atom stereocenters. The Morgan fingerprint density at radius 3 is 1.88 bits per heavy atom. The quantitative estimate of drug-likeness (QED) is 0.112. The Balaban J connectivity index is 0.00000420. The number of carbonyl (C=O) groups excluding carboxylic acids is 1. The average Bonchev–Trinajstić information content (AvgIpc) is 2.88. The van der Waals surface area contributed by atoms with E-state index in [0.717, 1.165) is 25.3 Å².